The number of hydrogen-bond acceptors (Lipinski definition) is 12. The normalized spacial score (nSPS) is 17.9. The van der Waals surface area contributed by atoms with E-state index in [9.17, 15) is 19.2 Å². The standard InChI is InChI=1S/C36H43N7O4.2C7H14O.C4H7NO3.C2H6.C2H2/c1-7-21(3)42(5)18-33-39-29-12-10-23-14-28-26-11-9-24(13-25(26)20-47-31(28)15-27(23)35(29)41-33)30-16-37-32(40-30)19-43(22(4)8-2)34(44)17-38-36(45)46-6;2*1-6-4-3-5-7(2)8-6;1-8-4(7)5-2-3-6;2*1-2/h9-16,21-22H,7-8,17-20H2,1-6H3,(H,37,40)(H,38,45)(H,39,41);2*6-7H,3-5H2,1-2H3;3H,2H2,1H3,(H,5,7);1-2H3;1-2H/t21-,22-;2*6-,7-;;;/m011.../s1. The van der Waals surface area contributed by atoms with Crippen LogP contribution in [0.5, 0.6) is 5.75 Å². The summed E-state index contributed by atoms with van der Waals surface area (Å²) in [6.45, 7) is 22.4. The Morgan fingerprint density at radius 2 is 1.40 bits per heavy atom. The molecule has 4 N–H and O–H groups in total. The number of aromatic amines is 2. The van der Waals surface area contributed by atoms with E-state index in [-0.39, 0.29) is 25.0 Å². The molecule has 17 heteroatoms. The minimum Gasteiger partial charge on any atom is -0.488 e. The zero-order valence-corrected chi connectivity index (χ0v) is 47.0. The van der Waals surface area contributed by atoms with Crippen LogP contribution < -0.4 is 15.4 Å². The molecule has 3 amide bonds. The van der Waals surface area contributed by atoms with Crippen molar-refractivity contribution in [1.29, 1.82) is 0 Å². The molecular formula is C58H86N8O9. The summed E-state index contributed by atoms with van der Waals surface area (Å²) in [6, 6.07) is 15.4. The van der Waals surface area contributed by atoms with Gasteiger partial charge in [-0.05, 0) is 146 Å². The van der Waals surface area contributed by atoms with E-state index in [2.05, 4.69) is 144 Å². The average molecular weight is 1040 g/mol. The van der Waals surface area contributed by atoms with Gasteiger partial charge in [0.1, 0.15) is 36.8 Å². The zero-order valence-electron chi connectivity index (χ0n) is 47.0. The molecule has 0 saturated carbocycles. The summed E-state index contributed by atoms with van der Waals surface area (Å²) in [6.07, 6.45) is 20.8. The smallest absolute Gasteiger partial charge is 0.407 e. The van der Waals surface area contributed by atoms with Gasteiger partial charge in [-0.25, -0.2) is 19.6 Å². The number of ether oxygens (including phenoxy) is 5. The van der Waals surface area contributed by atoms with E-state index in [0.29, 0.717) is 55.7 Å². The number of aldehydes is 1. The molecule has 3 aliphatic heterocycles. The second kappa shape index (κ2) is 32.7. The maximum absolute atomic E-state index is 12.9. The van der Waals surface area contributed by atoms with Gasteiger partial charge in [0.2, 0.25) is 5.91 Å². The van der Waals surface area contributed by atoms with Crippen LogP contribution in [0.4, 0.5) is 9.59 Å². The quantitative estimate of drug-likeness (QED) is 0.0643. The molecule has 2 aromatic heterocycles. The van der Waals surface area contributed by atoms with Crippen molar-refractivity contribution in [2.45, 2.75) is 177 Å². The van der Waals surface area contributed by atoms with E-state index in [4.69, 9.17) is 19.2 Å². The monoisotopic (exact) mass is 1040 g/mol. The van der Waals surface area contributed by atoms with Gasteiger partial charge in [0.25, 0.3) is 0 Å². The van der Waals surface area contributed by atoms with Crippen LogP contribution in [0.15, 0.2) is 48.7 Å². The molecule has 0 aliphatic carbocycles. The lowest BCUT2D eigenvalue weighted by molar-refractivity contribution is -0.133. The largest absolute Gasteiger partial charge is 0.488 e. The topological polar surface area (TPSA) is 202 Å². The highest BCUT2D eigenvalue weighted by atomic mass is 16.5. The first kappa shape index (κ1) is 62.8. The van der Waals surface area contributed by atoms with Crippen LogP contribution in [0.1, 0.15) is 138 Å². The molecule has 2 saturated heterocycles. The number of carbonyl (C=O) groups is 4. The second-order valence-corrected chi connectivity index (χ2v) is 18.8. The Labute approximate surface area is 445 Å². The Morgan fingerprint density at radius 3 is 1.95 bits per heavy atom. The number of imidazole rings is 2. The summed E-state index contributed by atoms with van der Waals surface area (Å²) < 4.78 is 26.0. The van der Waals surface area contributed by atoms with Crippen molar-refractivity contribution in [3.8, 4) is 41.0 Å². The van der Waals surface area contributed by atoms with Gasteiger partial charge < -0.3 is 54.0 Å². The van der Waals surface area contributed by atoms with Crippen LogP contribution in [-0.2, 0) is 48.2 Å². The zero-order chi connectivity index (χ0) is 55.6. The molecule has 412 valence electrons. The first-order valence-electron chi connectivity index (χ1n) is 26.5. The molecular weight excluding hydrogens is 953 g/mol. The fourth-order valence-electron chi connectivity index (χ4n) is 8.71. The summed E-state index contributed by atoms with van der Waals surface area (Å²) in [5, 5.41) is 6.82. The number of alkyl carbamates (subject to hydrolysis) is 2. The summed E-state index contributed by atoms with van der Waals surface area (Å²) in [5.41, 5.74) is 7.12. The van der Waals surface area contributed by atoms with Crippen LogP contribution in [0.3, 0.4) is 0 Å². The molecule has 0 unspecified atom stereocenters. The highest BCUT2D eigenvalue weighted by molar-refractivity contribution is 6.07. The van der Waals surface area contributed by atoms with Gasteiger partial charge in [-0.15, -0.1) is 12.8 Å². The minimum absolute atomic E-state index is 0.00662. The number of terminal acetylenes is 1. The third-order valence-corrected chi connectivity index (χ3v) is 13.3. The lowest BCUT2D eigenvalue weighted by Crippen LogP contribution is -2.44. The number of nitrogens with zero attached hydrogens (tertiary/aromatic N) is 4. The summed E-state index contributed by atoms with van der Waals surface area (Å²) in [7, 11) is 4.64. The third kappa shape index (κ3) is 19.3. The SMILES string of the molecule is C#C.CC.CC[C@H](C)N(C)Cc1nc2c(ccc3cc4c(cc32)OCc2cc(-c3cnc(CN(C(=O)CNC(=O)OC)[C@@H](C)CC)[nH]3)ccc2-4)[nH]1.COC(=O)NCC=O.C[C@@H]1CCC[C@@H](C)O1.C[C@@H]1CCC[C@@H](C)O1. The molecule has 0 radical (unpaired) electrons. The molecule has 2 fully saturated rings. The van der Waals surface area contributed by atoms with Crippen molar-refractivity contribution in [3.05, 3.63) is 65.9 Å². The molecule has 0 bridgehead atoms. The number of nitrogens with one attached hydrogen (secondary N) is 4. The van der Waals surface area contributed by atoms with Crippen LogP contribution >= 0.6 is 0 Å². The van der Waals surface area contributed by atoms with Gasteiger partial charge in [-0.1, -0.05) is 45.9 Å². The van der Waals surface area contributed by atoms with Gasteiger partial charge in [0.15, 0.2) is 0 Å². The third-order valence-electron chi connectivity index (χ3n) is 13.3. The molecule has 6 atom stereocenters. The predicted molar refractivity (Wildman–Crippen MR) is 298 cm³/mol. The Kier molecular flexibility index (Phi) is 27.4. The number of carbonyl (C=O) groups excluding carboxylic acids is 4. The highest BCUT2D eigenvalue weighted by Gasteiger charge is 2.24. The minimum atomic E-state index is -0.639. The van der Waals surface area contributed by atoms with Crippen molar-refractivity contribution < 1.29 is 42.9 Å². The number of H-pyrrole nitrogens is 2. The number of methoxy groups -OCH3 is 2. The molecule has 75 heavy (non-hydrogen) atoms. The number of benzene rings is 3. The maximum Gasteiger partial charge on any atom is 0.407 e. The Morgan fingerprint density at radius 1 is 0.800 bits per heavy atom. The number of amides is 3. The highest BCUT2D eigenvalue weighted by Crippen LogP contribution is 2.42. The van der Waals surface area contributed by atoms with Crippen molar-refractivity contribution >= 4 is 46.2 Å². The van der Waals surface area contributed by atoms with Crippen LogP contribution in [0.2, 0.25) is 0 Å². The summed E-state index contributed by atoms with van der Waals surface area (Å²) >= 11 is 0. The molecule has 0 spiro atoms. The fraction of sp³-hybridized carbons (Fsp3) is 0.552. The van der Waals surface area contributed by atoms with E-state index in [0.717, 1.165) is 80.7 Å². The lowest BCUT2D eigenvalue weighted by Gasteiger charge is -2.28. The summed E-state index contributed by atoms with van der Waals surface area (Å²) in [4.78, 5) is 64.5. The van der Waals surface area contributed by atoms with E-state index >= 15 is 0 Å². The first-order chi connectivity index (χ1) is 36.1. The first-order valence-corrected chi connectivity index (χ1v) is 26.5. The van der Waals surface area contributed by atoms with Gasteiger partial charge in [-0.3, -0.25) is 9.69 Å². The molecule has 8 rings (SSSR count). The van der Waals surface area contributed by atoms with E-state index in [1.165, 1.54) is 52.7 Å². The maximum atomic E-state index is 12.9. The van der Waals surface area contributed by atoms with Gasteiger partial charge in [0.05, 0.1) is 81.2 Å². The van der Waals surface area contributed by atoms with Crippen molar-refractivity contribution in [3.63, 3.8) is 0 Å². The molecule has 17 nitrogen and oxygen atoms in total. The Bertz CT molecular complexity index is 2520. The number of rotatable bonds is 13. The molecule has 5 heterocycles. The van der Waals surface area contributed by atoms with Crippen LogP contribution in [0, 0.1) is 12.8 Å². The van der Waals surface area contributed by atoms with Crippen molar-refractivity contribution in [2.75, 3.05) is 34.4 Å². The fourth-order valence-corrected chi connectivity index (χ4v) is 8.71. The van der Waals surface area contributed by atoms with Gasteiger partial charge in [0, 0.05) is 23.0 Å². The Balaban J connectivity index is 0.000000429. The second-order valence-electron chi connectivity index (χ2n) is 18.8. The molecule has 5 aromatic rings. The van der Waals surface area contributed by atoms with E-state index in [1.807, 2.05) is 27.7 Å². The number of aromatic nitrogens is 4. The van der Waals surface area contributed by atoms with Crippen LogP contribution in [-0.4, -0.2) is 125 Å². The summed E-state index contributed by atoms with van der Waals surface area (Å²) in [5.74, 6) is 2.27. The lowest BCUT2D eigenvalue weighted by atomic mass is 9.92. The number of hydrogen-bond donors (Lipinski definition) is 4. The number of fused-ring (bicyclic) bond motifs is 6. The van der Waals surface area contributed by atoms with Gasteiger partial charge >= 0.3 is 12.2 Å². The van der Waals surface area contributed by atoms with Crippen molar-refractivity contribution in [1.82, 2.24) is 40.4 Å². The molecule has 3 aromatic carbocycles. The van der Waals surface area contributed by atoms with Crippen LogP contribution in [0.25, 0.3) is 44.2 Å². The predicted octanol–water partition coefficient (Wildman–Crippen LogP) is 11.1. The van der Waals surface area contributed by atoms with E-state index < -0.39 is 12.2 Å². The van der Waals surface area contributed by atoms with E-state index in [1.54, 1.807) is 11.1 Å². The molecule has 3 aliphatic rings. The van der Waals surface area contributed by atoms with Crippen molar-refractivity contribution in [2.24, 2.45) is 0 Å². The Hall–Kier alpha value is -6.48. The van der Waals surface area contributed by atoms with Gasteiger partial charge in [-0.2, -0.15) is 0 Å². The average Bonchev–Trinajstić information content (AvgIpc) is 4.08.